The first kappa shape index (κ1) is 56.2. The van der Waals surface area contributed by atoms with Crippen LogP contribution in [0, 0.1) is 0 Å². The molecule has 7 amide bonds. The molecule has 0 radical (unpaired) electrons. The van der Waals surface area contributed by atoms with E-state index < -0.39 is 111 Å². The van der Waals surface area contributed by atoms with Crippen LogP contribution in [0.2, 0.25) is 0 Å². The van der Waals surface area contributed by atoms with E-state index in [1.54, 1.807) is 52.0 Å². The van der Waals surface area contributed by atoms with Gasteiger partial charge < -0.3 is 46.0 Å². The molecule has 0 aliphatic heterocycles. The maximum absolute atomic E-state index is 14.9. The molecule has 4 aromatic carbocycles. The van der Waals surface area contributed by atoms with E-state index in [9.17, 15) is 43.5 Å². The lowest BCUT2D eigenvalue weighted by Gasteiger charge is -2.37. The summed E-state index contributed by atoms with van der Waals surface area (Å²) in [7, 11) is 0. The third-order valence-electron chi connectivity index (χ3n) is 12.7. The van der Waals surface area contributed by atoms with Gasteiger partial charge in [-0.25, -0.2) is 0 Å². The average molecular weight is 975 g/mol. The number of hydrogen-bond acceptors (Lipinski definition) is 9. The minimum Gasteiger partial charge on any atom is -0.481 e. The average Bonchev–Trinajstić information content (AvgIpc) is 3.37. The van der Waals surface area contributed by atoms with E-state index in [-0.39, 0.29) is 25.9 Å². The number of carboxylic acids is 1. The lowest BCUT2D eigenvalue weighted by molar-refractivity contribution is -0.150. The summed E-state index contributed by atoms with van der Waals surface area (Å²) in [6.45, 7) is 6.00. The van der Waals surface area contributed by atoms with Crippen LogP contribution >= 0.6 is 0 Å². The van der Waals surface area contributed by atoms with E-state index in [1.165, 1.54) is 36.3 Å². The smallest absolute Gasteiger partial charge is 0.303 e. The van der Waals surface area contributed by atoms with Crippen molar-refractivity contribution in [3.63, 3.8) is 0 Å². The van der Waals surface area contributed by atoms with Crippen LogP contribution < -0.4 is 11.5 Å². The Hall–Kier alpha value is -7.40. The summed E-state index contributed by atoms with van der Waals surface area (Å²) in [6.07, 6.45) is 0.846. The van der Waals surface area contributed by atoms with E-state index in [0.29, 0.717) is 30.5 Å². The number of nitrogens with two attached hydrogens (primary N) is 2. The first-order valence-corrected chi connectivity index (χ1v) is 24.0. The largest absolute Gasteiger partial charge is 0.481 e. The second-order valence-corrected chi connectivity index (χ2v) is 17.6. The van der Waals surface area contributed by atoms with Crippen molar-refractivity contribution in [3.8, 4) is 0 Å². The minimum atomic E-state index is -1.04. The molecule has 4 aromatic rings. The fraction of sp³-hybridized carbons (Fsp3) is 0.407. The van der Waals surface area contributed by atoms with E-state index in [2.05, 4.69) is 0 Å². The van der Waals surface area contributed by atoms with E-state index in [1.807, 2.05) is 97.1 Å². The lowest BCUT2D eigenvalue weighted by atomic mass is 10.0. The summed E-state index contributed by atoms with van der Waals surface area (Å²) in [5.41, 5.74) is 14.4. The molecule has 0 unspecified atom stereocenters. The molecule has 5 N–H and O–H groups in total. The Bertz CT molecular complexity index is 2380. The molecule has 0 saturated heterocycles. The number of rotatable bonds is 28. The molecule has 4 atom stereocenters. The van der Waals surface area contributed by atoms with Crippen LogP contribution in [0.5, 0.6) is 0 Å². The molecule has 4 rings (SSSR count). The van der Waals surface area contributed by atoms with Crippen molar-refractivity contribution in [3.05, 3.63) is 144 Å². The van der Waals surface area contributed by atoms with Crippen molar-refractivity contribution in [2.45, 2.75) is 84.5 Å². The molecule has 17 nitrogen and oxygen atoms in total. The van der Waals surface area contributed by atoms with Gasteiger partial charge in [-0.3, -0.25) is 38.4 Å². The lowest BCUT2D eigenvalue weighted by Crippen LogP contribution is -2.52. The number of hydrogen-bond donors (Lipinski definition) is 3. The number of amides is 7. The molecule has 0 aromatic heterocycles. The third kappa shape index (κ3) is 17.2. The molecule has 0 spiro atoms. The van der Waals surface area contributed by atoms with Crippen molar-refractivity contribution in [1.29, 1.82) is 0 Å². The van der Waals surface area contributed by atoms with Gasteiger partial charge in [0.2, 0.25) is 41.4 Å². The molecule has 0 saturated carbocycles. The summed E-state index contributed by atoms with van der Waals surface area (Å²) >= 11 is 0. The second-order valence-electron chi connectivity index (χ2n) is 17.6. The van der Waals surface area contributed by atoms with E-state index in [4.69, 9.17) is 11.5 Å². The van der Waals surface area contributed by atoms with Gasteiger partial charge in [-0.05, 0) is 75.8 Å². The number of aliphatic carboxylic acids is 1. The fourth-order valence-corrected chi connectivity index (χ4v) is 8.31. The standard InChI is InChI=1S/C54H70N8O9/c1-39(44-21-10-6-11-22-44)59(33-48(56)64)52(68)37-62(42(4)47-27-16-9-17-28-47)51(67)35-58(31-19-18-30-55)49(65)36-60(40(2)45-23-12-7-13-24-45)53(69)38-61(41(3)46-25-14-8-15-26-46)50(66)34-57(43(5)63)32-20-29-54(70)71/h6-17,21-28,39-42H,18-20,29-38,55H2,1-5H3,(H2,56,64)(H,70,71)/t39-,40-,41-,42-/m0/s1. The normalized spacial score (nSPS) is 12.6. The first-order valence-electron chi connectivity index (χ1n) is 24.0. The van der Waals surface area contributed by atoms with Crippen molar-refractivity contribution >= 4 is 47.3 Å². The first-order chi connectivity index (χ1) is 33.9. The highest BCUT2D eigenvalue weighted by Crippen LogP contribution is 2.27. The summed E-state index contributed by atoms with van der Waals surface area (Å²) < 4.78 is 0. The second kappa shape index (κ2) is 28.3. The number of unbranched alkanes of at least 4 members (excludes halogenated alkanes) is 1. The maximum atomic E-state index is 14.9. The molecular formula is C54H70N8O9. The monoisotopic (exact) mass is 975 g/mol. The molecule has 0 heterocycles. The Morgan fingerprint density at radius 2 is 0.746 bits per heavy atom. The van der Waals surface area contributed by atoms with Crippen LogP contribution in [0.4, 0.5) is 0 Å². The fourth-order valence-electron chi connectivity index (χ4n) is 8.31. The Morgan fingerprint density at radius 1 is 0.437 bits per heavy atom. The number of carbonyl (C=O) groups is 8. The Morgan fingerprint density at radius 3 is 1.07 bits per heavy atom. The highest BCUT2D eigenvalue weighted by atomic mass is 16.4. The molecule has 0 aliphatic rings. The van der Waals surface area contributed by atoms with Crippen LogP contribution in [-0.2, 0) is 38.4 Å². The van der Waals surface area contributed by atoms with Crippen LogP contribution in [0.15, 0.2) is 121 Å². The van der Waals surface area contributed by atoms with Crippen LogP contribution in [-0.4, -0.2) is 141 Å². The quantitative estimate of drug-likeness (QED) is 0.0637. The van der Waals surface area contributed by atoms with Gasteiger partial charge in [0.15, 0.2) is 0 Å². The van der Waals surface area contributed by atoms with Gasteiger partial charge in [-0.2, -0.15) is 0 Å². The molecule has 17 heteroatoms. The predicted octanol–water partition coefficient (Wildman–Crippen LogP) is 5.11. The molecule has 0 bridgehead atoms. The number of carboxylic acid groups (broad SMARTS) is 1. The van der Waals surface area contributed by atoms with Crippen molar-refractivity contribution in [1.82, 2.24) is 29.4 Å². The van der Waals surface area contributed by atoms with E-state index in [0.717, 1.165) is 11.1 Å². The zero-order valence-corrected chi connectivity index (χ0v) is 41.6. The Kier molecular flexibility index (Phi) is 22.4. The topological polar surface area (TPSA) is 228 Å². The summed E-state index contributed by atoms with van der Waals surface area (Å²) in [6, 6.07) is 33.7. The Balaban J connectivity index is 1.71. The van der Waals surface area contributed by atoms with Gasteiger partial charge in [0.25, 0.3) is 0 Å². The number of primary amides is 1. The summed E-state index contributed by atoms with van der Waals surface area (Å²) in [5, 5.41) is 9.22. The number of nitrogens with zero attached hydrogens (tertiary/aromatic N) is 6. The highest BCUT2D eigenvalue weighted by molar-refractivity contribution is 5.93. The molecule has 71 heavy (non-hydrogen) atoms. The highest BCUT2D eigenvalue weighted by Gasteiger charge is 2.35. The zero-order valence-electron chi connectivity index (χ0n) is 41.6. The van der Waals surface area contributed by atoms with Crippen molar-refractivity contribution < 1.29 is 43.5 Å². The third-order valence-corrected chi connectivity index (χ3v) is 12.7. The number of benzene rings is 4. The SMILES string of the molecule is CC(=O)N(CCCC(=O)O)CC(=O)N(CC(=O)N(CC(=O)N(CCCCN)CC(=O)N(CC(=O)N(CC(N)=O)[C@@H](C)c1ccccc1)[C@@H](C)c1ccccc1)[C@@H](C)c1ccccc1)[C@@H](C)c1ccccc1. The molecule has 0 aliphatic carbocycles. The molecule has 0 fully saturated rings. The van der Waals surface area contributed by atoms with Crippen LogP contribution in [0.1, 0.15) is 107 Å². The van der Waals surface area contributed by atoms with Crippen molar-refractivity contribution in [2.24, 2.45) is 11.5 Å². The van der Waals surface area contributed by atoms with Crippen LogP contribution in [0.3, 0.4) is 0 Å². The Labute approximate surface area is 417 Å². The minimum absolute atomic E-state index is 0.00735. The van der Waals surface area contributed by atoms with Gasteiger partial charge in [-0.15, -0.1) is 0 Å². The number of carbonyl (C=O) groups excluding carboxylic acids is 7. The summed E-state index contributed by atoms with van der Waals surface area (Å²) in [5.74, 6) is -5.06. The summed E-state index contributed by atoms with van der Waals surface area (Å²) in [4.78, 5) is 118. The zero-order chi connectivity index (χ0) is 52.0. The maximum Gasteiger partial charge on any atom is 0.303 e. The van der Waals surface area contributed by atoms with Gasteiger partial charge in [0, 0.05) is 26.4 Å². The molecular weight excluding hydrogens is 905 g/mol. The van der Waals surface area contributed by atoms with Gasteiger partial charge in [-0.1, -0.05) is 121 Å². The van der Waals surface area contributed by atoms with Gasteiger partial charge in [0.1, 0.15) is 19.6 Å². The van der Waals surface area contributed by atoms with Crippen molar-refractivity contribution in [2.75, 3.05) is 58.9 Å². The van der Waals surface area contributed by atoms with Gasteiger partial charge in [0.05, 0.1) is 43.8 Å². The van der Waals surface area contributed by atoms with E-state index >= 15 is 0 Å². The van der Waals surface area contributed by atoms with Gasteiger partial charge >= 0.3 is 5.97 Å². The van der Waals surface area contributed by atoms with Crippen LogP contribution in [0.25, 0.3) is 0 Å². The predicted molar refractivity (Wildman–Crippen MR) is 269 cm³/mol. The molecule has 380 valence electrons.